The van der Waals surface area contributed by atoms with E-state index in [-0.39, 0.29) is 6.42 Å². The number of aliphatic hydroxyl groups is 1. The maximum Gasteiger partial charge on any atom is 0.328 e. The lowest BCUT2D eigenvalue weighted by Crippen LogP contribution is -2.57. The van der Waals surface area contributed by atoms with Crippen LogP contribution in [0.15, 0.2) is 12.5 Å². The number of nitrogens with one attached hydrogen (secondary N) is 4. The SMILES string of the molecule is NCC(=O)NC(Cc1cnc[nH]1)C(=O)NC(CC(N)=O)C(=O)NC(CO)C(=O)O. The molecule has 0 spiro atoms. The van der Waals surface area contributed by atoms with Crippen LogP contribution in [0.1, 0.15) is 12.1 Å². The molecule has 0 radical (unpaired) electrons. The number of imidazole rings is 1. The number of amides is 4. The lowest BCUT2D eigenvalue weighted by atomic mass is 10.1. The van der Waals surface area contributed by atoms with E-state index in [9.17, 15) is 24.0 Å². The predicted octanol–water partition coefficient (Wildman–Crippen LogP) is -4.68. The number of carboxylic acid groups (broad SMARTS) is 1. The maximum atomic E-state index is 12.6. The number of primary amides is 1. The van der Waals surface area contributed by atoms with Gasteiger partial charge in [0.1, 0.15) is 18.1 Å². The number of hydrogen-bond donors (Lipinski definition) is 8. The lowest BCUT2D eigenvalue weighted by molar-refractivity contribution is -0.143. The largest absolute Gasteiger partial charge is 0.480 e. The second kappa shape index (κ2) is 11.4. The fraction of sp³-hybridized carbons (Fsp3) is 0.467. The van der Waals surface area contributed by atoms with Crippen LogP contribution in [0.4, 0.5) is 0 Å². The molecule has 1 aromatic heterocycles. The molecule has 0 aromatic carbocycles. The molecule has 0 saturated carbocycles. The minimum Gasteiger partial charge on any atom is -0.480 e. The number of aliphatic hydroxyl groups excluding tert-OH is 1. The van der Waals surface area contributed by atoms with Gasteiger partial charge in [0, 0.05) is 18.3 Å². The van der Waals surface area contributed by atoms with E-state index in [1.807, 2.05) is 5.32 Å². The van der Waals surface area contributed by atoms with E-state index in [4.69, 9.17) is 21.7 Å². The van der Waals surface area contributed by atoms with Crippen LogP contribution in [0, 0.1) is 0 Å². The normalized spacial score (nSPS) is 13.6. The Labute approximate surface area is 164 Å². The van der Waals surface area contributed by atoms with Gasteiger partial charge in [-0.15, -0.1) is 0 Å². The molecule has 160 valence electrons. The highest BCUT2D eigenvalue weighted by Gasteiger charge is 2.30. The predicted molar refractivity (Wildman–Crippen MR) is 95.7 cm³/mol. The Morgan fingerprint density at radius 2 is 1.69 bits per heavy atom. The summed E-state index contributed by atoms with van der Waals surface area (Å²) in [5.74, 6) is -5.01. The van der Waals surface area contributed by atoms with Crippen molar-refractivity contribution in [2.24, 2.45) is 11.5 Å². The topological polar surface area (TPSA) is 243 Å². The molecule has 1 aromatic rings. The Balaban J connectivity index is 2.95. The van der Waals surface area contributed by atoms with Crippen LogP contribution in [-0.2, 0) is 30.4 Å². The highest BCUT2D eigenvalue weighted by Crippen LogP contribution is 2.02. The Morgan fingerprint density at radius 1 is 1.07 bits per heavy atom. The summed E-state index contributed by atoms with van der Waals surface area (Å²) in [6, 6.07) is -4.36. The van der Waals surface area contributed by atoms with Crippen molar-refractivity contribution in [2.45, 2.75) is 31.0 Å². The zero-order chi connectivity index (χ0) is 22.0. The molecule has 0 aliphatic heterocycles. The third-order valence-corrected chi connectivity index (χ3v) is 3.65. The minimum absolute atomic E-state index is 0.0309. The van der Waals surface area contributed by atoms with Crippen LogP contribution in [0.2, 0.25) is 0 Å². The molecule has 1 rings (SSSR count). The van der Waals surface area contributed by atoms with Crippen LogP contribution in [0.3, 0.4) is 0 Å². The van der Waals surface area contributed by atoms with E-state index in [2.05, 4.69) is 20.6 Å². The molecule has 0 aliphatic carbocycles. The first kappa shape index (κ1) is 23.5. The van der Waals surface area contributed by atoms with Crippen LogP contribution in [0.25, 0.3) is 0 Å². The summed E-state index contributed by atoms with van der Waals surface area (Å²) in [4.78, 5) is 65.3. The zero-order valence-electron chi connectivity index (χ0n) is 15.3. The van der Waals surface area contributed by atoms with Crippen molar-refractivity contribution in [3.8, 4) is 0 Å². The van der Waals surface area contributed by atoms with Gasteiger partial charge >= 0.3 is 5.97 Å². The van der Waals surface area contributed by atoms with Gasteiger partial charge in [0.25, 0.3) is 0 Å². The fourth-order valence-corrected chi connectivity index (χ4v) is 2.22. The van der Waals surface area contributed by atoms with Gasteiger partial charge in [0.05, 0.1) is 25.9 Å². The van der Waals surface area contributed by atoms with Crippen LogP contribution >= 0.6 is 0 Å². The molecule has 29 heavy (non-hydrogen) atoms. The number of carbonyl (C=O) groups excluding carboxylic acids is 4. The highest BCUT2D eigenvalue weighted by atomic mass is 16.4. The summed E-state index contributed by atoms with van der Waals surface area (Å²) in [6.07, 6.45) is 2.11. The third kappa shape index (κ3) is 7.94. The molecular weight excluding hydrogens is 390 g/mol. The molecule has 0 aliphatic rings. The van der Waals surface area contributed by atoms with Gasteiger partial charge in [0.2, 0.25) is 23.6 Å². The lowest BCUT2D eigenvalue weighted by Gasteiger charge is -2.23. The molecule has 3 atom stereocenters. The number of H-pyrrole nitrogens is 1. The number of carbonyl (C=O) groups is 5. The molecular formula is C15H23N7O7. The first-order valence-electron chi connectivity index (χ1n) is 8.37. The third-order valence-electron chi connectivity index (χ3n) is 3.65. The number of aliphatic carboxylic acids is 1. The molecule has 14 nitrogen and oxygen atoms in total. The van der Waals surface area contributed by atoms with Gasteiger partial charge in [0.15, 0.2) is 0 Å². The molecule has 0 fully saturated rings. The average Bonchev–Trinajstić information content (AvgIpc) is 3.16. The Morgan fingerprint density at radius 3 is 2.17 bits per heavy atom. The number of hydrogen-bond acceptors (Lipinski definition) is 8. The summed E-state index contributed by atoms with van der Waals surface area (Å²) in [7, 11) is 0. The van der Waals surface area contributed by atoms with Gasteiger partial charge in [-0.1, -0.05) is 0 Å². The van der Waals surface area contributed by atoms with Crippen molar-refractivity contribution in [1.82, 2.24) is 25.9 Å². The molecule has 0 bridgehead atoms. The molecule has 10 N–H and O–H groups in total. The van der Waals surface area contributed by atoms with Gasteiger partial charge < -0.3 is 42.6 Å². The molecule has 0 saturated heterocycles. The summed E-state index contributed by atoms with van der Waals surface area (Å²) >= 11 is 0. The molecule has 14 heteroatoms. The summed E-state index contributed by atoms with van der Waals surface area (Å²) < 4.78 is 0. The quantitative estimate of drug-likeness (QED) is 0.164. The summed E-state index contributed by atoms with van der Waals surface area (Å²) in [5.41, 5.74) is 10.8. The van der Waals surface area contributed by atoms with Crippen LogP contribution < -0.4 is 27.4 Å². The van der Waals surface area contributed by atoms with Crippen LogP contribution in [-0.4, -0.2) is 81.1 Å². The van der Waals surface area contributed by atoms with Crippen molar-refractivity contribution in [3.05, 3.63) is 18.2 Å². The number of nitrogens with two attached hydrogens (primary N) is 2. The molecule has 4 amide bonds. The van der Waals surface area contributed by atoms with Gasteiger partial charge in [-0.05, 0) is 0 Å². The van der Waals surface area contributed by atoms with Crippen molar-refractivity contribution in [1.29, 1.82) is 0 Å². The fourth-order valence-electron chi connectivity index (χ4n) is 2.22. The van der Waals surface area contributed by atoms with Crippen molar-refractivity contribution in [2.75, 3.05) is 13.2 Å². The monoisotopic (exact) mass is 413 g/mol. The smallest absolute Gasteiger partial charge is 0.328 e. The number of rotatable bonds is 12. The minimum atomic E-state index is -1.65. The highest BCUT2D eigenvalue weighted by molar-refractivity contribution is 5.95. The molecule has 1 heterocycles. The standard InChI is InChI=1S/C15H23N7O7/c16-3-12(25)20-8(1-7-4-18-6-19-7)13(26)21-9(2-11(17)24)14(27)22-10(5-23)15(28)29/h4,6,8-10,23H,1-3,5,16H2,(H2,17,24)(H,18,19)(H,20,25)(H,21,26)(H,22,27)(H,28,29). The molecule has 3 unspecified atom stereocenters. The van der Waals surface area contributed by atoms with Crippen LogP contribution in [0.5, 0.6) is 0 Å². The summed E-state index contributed by atoms with van der Waals surface area (Å²) in [5, 5.41) is 24.5. The van der Waals surface area contributed by atoms with Gasteiger partial charge in [-0.2, -0.15) is 0 Å². The first-order valence-corrected chi connectivity index (χ1v) is 8.37. The Hall–Kier alpha value is -3.52. The second-order valence-electron chi connectivity index (χ2n) is 5.92. The second-order valence-corrected chi connectivity index (χ2v) is 5.92. The van der Waals surface area contributed by atoms with Crippen molar-refractivity contribution < 1.29 is 34.2 Å². The average molecular weight is 413 g/mol. The Bertz CT molecular complexity index is 737. The number of aromatic nitrogens is 2. The van der Waals surface area contributed by atoms with E-state index in [0.29, 0.717) is 5.69 Å². The van der Waals surface area contributed by atoms with Gasteiger partial charge in [-0.25, -0.2) is 9.78 Å². The summed E-state index contributed by atoms with van der Waals surface area (Å²) in [6.45, 7) is -1.30. The van der Waals surface area contributed by atoms with E-state index < -0.39 is 67.3 Å². The van der Waals surface area contributed by atoms with E-state index in [1.165, 1.54) is 12.5 Å². The maximum absolute atomic E-state index is 12.6. The number of nitrogens with zero attached hydrogens (tertiary/aromatic N) is 1. The van der Waals surface area contributed by atoms with Crippen molar-refractivity contribution >= 4 is 29.6 Å². The zero-order valence-corrected chi connectivity index (χ0v) is 15.3. The number of aromatic amines is 1. The van der Waals surface area contributed by atoms with E-state index in [1.54, 1.807) is 0 Å². The van der Waals surface area contributed by atoms with E-state index >= 15 is 0 Å². The van der Waals surface area contributed by atoms with Crippen molar-refractivity contribution in [3.63, 3.8) is 0 Å². The number of carboxylic acids is 1. The Kier molecular flexibility index (Phi) is 9.21. The first-order chi connectivity index (χ1) is 13.7. The van der Waals surface area contributed by atoms with Gasteiger partial charge in [-0.3, -0.25) is 19.2 Å². The van der Waals surface area contributed by atoms with E-state index in [0.717, 1.165) is 0 Å².